The molecule has 0 aromatic heterocycles. The van der Waals surface area contributed by atoms with Crippen LogP contribution in [0.5, 0.6) is 0 Å². The normalized spacial score (nSPS) is 25.2. The van der Waals surface area contributed by atoms with Crippen molar-refractivity contribution in [1.82, 2.24) is 10.2 Å². The molecule has 1 rings (SSSR count). The van der Waals surface area contributed by atoms with E-state index >= 15 is 0 Å². The molecule has 0 saturated carbocycles. The minimum atomic E-state index is -0.439. The second-order valence-corrected chi connectivity index (χ2v) is 5.01. The molecule has 17 heavy (non-hydrogen) atoms. The average molecular weight is 239 g/mol. The highest BCUT2D eigenvalue weighted by molar-refractivity contribution is 5.06. The number of nitrogens with zero attached hydrogens (tertiary/aromatic N) is 2. The van der Waals surface area contributed by atoms with Crippen LogP contribution < -0.4 is 5.32 Å². The molecule has 0 bridgehead atoms. The summed E-state index contributed by atoms with van der Waals surface area (Å²) in [4.78, 5) is 2.34. The van der Waals surface area contributed by atoms with E-state index in [4.69, 9.17) is 4.74 Å². The van der Waals surface area contributed by atoms with Crippen LogP contribution in [0.2, 0.25) is 0 Å². The zero-order valence-corrected chi connectivity index (χ0v) is 11.3. The van der Waals surface area contributed by atoms with Gasteiger partial charge in [-0.3, -0.25) is 10.2 Å². The largest absolute Gasteiger partial charge is 0.376 e. The standard InChI is InChI=1S/C13H25N3O/c1-4-6-15-13(3,10-14)11-16-7-8-17-12(5-2)9-16/h12,15H,4-9,11H2,1-3H3. The Labute approximate surface area is 105 Å². The average Bonchev–Trinajstić information content (AvgIpc) is 2.36. The fourth-order valence-corrected chi connectivity index (χ4v) is 2.15. The number of hydrogen-bond acceptors (Lipinski definition) is 4. The topological polar surface area (TPSA) is 48.3 Å². The predicted octanol–water partition coefficient (Wildman–Crippen LogP) is 1.38. The molecule has 1 aliphatic rings. The van der Waals surface area contributed by atoms with Crippen LogP contribution in [-0.4, -0.2) is 49.3 Å². The third kappa shape index (κ3) is 4.63. The summed E-state index contributed by atoms with van der Waals surface area (Å²) in [6.07, 6.45) is 2.43. The quantitative estimate of drug-likeness (QED) is 0.761. The Morgan fingerprint density at radius 2 is 2.29 bits per heavy atom. The zero-order chi connectivity index (χ0) is 12.7. The van der Waals surface area contributed by atoms with Gasteiger partial charge in [-0.15, -0.1) is 0 Å². The van der Waals surface area contributed by atoms with Crippen LogP contribution in [0.15, 0.2) is 0 Å². The highest BCUT2D eigenvalue weighted by Gasteiger charge is 2.29. The van der Waals surface area contributed by atoms with Crippen LogP contribution in [0.3, 0.4) is 0 Å². The molecule has 2 atom stereocenters. The molecule has 1 saturated heterocycles. The molecule has 0 amide bonds. The molecule has 0 aromatic rings. The Balaban J connectivity index is 2.47. The first-order valence-electron chi connectivity index (χ1n) is 6.63. The van der Waals surface area contributed by atoms with Crippen LogP contribution in [0, 0.1) is 11.3 Å². The van der Waals surface area contributed by atoms with Gasteiger partial charge in [0.05, 0.1) is 18.8 Å². The van der Waals surface area contributed by atoms with E-state index < -0.39 is 5.54 Å². The van der Waals surface area contributed by atoms with Crippen LogP contribution in [0.1, 0.15) is 33.6 Å². The smallest absolute Gasteiger partial charge is 0.116 e. The van der Waals surface area contributed by atoms with Gasteiger partial charge in [0, 0.05) is 19.6 Å². The Hall–Kier alpha value is -0.630. The SMILES string of the molecule is CCCNC(C)(C#N)CN1CCOC(CC)C1. The molecule has 1 aliphatic heterocycles. The van der Waals surface area contributed by atoms with E-state index in [9.17, 15) is 5.26 Å². The lowest BCUT2D eigenvalue weighted by Crippen LogP contribution is -2.54. The molecule has 98 valence electrons. The molecule has 1 heterocycles. The molecular formula is C13H25N3O. The first-order valence-corrected chi connectivity index (χ1v) is 6.63. The van der Waals surface area contributed by atoms with Crippen molar-refractivity contribution in [3.63, 3.8) is 0 Å². The van der Waals surface area contributed by atoms with E-state index in [1.54, 1.807) is 0 Å². The fourth-order valence-electron chi connectivity index (χ4n) is 2.15. The van der Waals surface area contributed by atoms with Gasteiger partial charge < -0.3 is 4.74 Å². The number of ether oxygens (including phenoxy) is 1. The highest BCUT2D eigenvalue weighted by Crippen LogP contribution is 2.12. The Kier molecular flexibility index (Phi) is 5.90. The molecule has 0 aliphatic carbocycles. The number of rotatable bonds is 6. The number of nitriles is 1. The maximum Gasteiger partial charge on any atom is 0.116 e. The molecule has 4 nitrogen and oxygen atoms in total. The van der Waals surface area contributed by atoms with Crippen molar-refractivity contribution in [1.29, 1.82) is 5.26 Å². The van der Waals surface area contributed by atoms with Crippen molar-refractivity contribution in [2.75, 3.05) is 32.8 Å². The minimum Gasteiger partial charge on any atom is -0.376 e. The van der Waals surface area contributed by atoms with Gasteiger partial charge in [0.15, 0.2) is 0 Å². The summed E-state index contributed by atoms with van der Waals surface area (Å²) >= 11 is 0. The van der Waals surface area contributed by atoms with E-state index in [0.717, 1.165) is 45.6 Å². The third-order valence-electron chi connectivity index (χ3n) is 3.23. The minimum absolute atomic E-state index is 0.331. The maximum absolute atomic E-state index is 9.30. The van der Waals surface area contributed by atoms with E-state index in [-0.39, 0.29) is 0 Å². The Morgan fingerprint density at radius 1 is 1.53 bits per heavy atom. The molecule has 4 heteroatoms. The molecule has 2 unspecified atom stereocenters. The predicted molar refractivity (Wildman–Crippen MR) is 68.8 cm³/mol. The van der Waals surface area contributed by atoms with Gasteiger partial charge in [0.25, 0.3) is 0 Å². The second-order valence-electron chi connectivity index (χ2n) is 5.01. The van der Waals surface area contributed by atoms with Crippen molar-refractivity contribution in [3.8, 4) is 6.07 Å². The molecule has 1 N–H and O–H groups in total. The first-order chi connectivity index (χ1) is 8.13. The van der Waals surface area contributed by atoms with Gasteiger partial charge in [0.2, 0.25) is 0 Å². The lowest BCUT2D eigenvalue weighted by molar-refractivity contribution is -0.0342. The number of nitrogens with one attached hydrogen (secondary N) is 1. The van der Waals surface area contributed by atoms with Crippen molar-refractivity contribution in [2.24, 2.45) is 0 Å². The van der Waals surface area contributed by atoms with Crippen LogP contribution in [0.4, 0.5) is 0 Å². The Morgan fingerprint density at radius 3 is 2.88 bits per heavy atom. The molecule has 1 fully saturated rings. The number of morpholine rings is 1. The Bertz CT molecular complexity index is 264. The van der Waals surface area contributed by atoms with Gasteiger partial charge in [-0.05, 0) is 26.3 Å². The van der Waals surface area contributed by atoms with Crippen molar-refractivity contribution in [2.45, 2.75) is 45.3 Å². The summed E-state index contributed by atoms with van der Waals surface area (Å²) in [7, 11) is 0. The summed E-state index contributed by atoms with van der Waals surface area (Å²) in [6, 6.07) is 2.40. The van der Waals surface area contributed by atoms with Gasteiger partial charge in [-0.1, -0.05) is 13.8 Å². The molecule has 0 radical (unpaired) electrons. The summed E-state index contributed by atoms with van der Waals surface area (Å²) < 4.78 is 5.64. The second kappa shape index (κ2) is 6.95. The summed E-state index contributed by atoms with van der Waals surface area (Å²) in [5.74, 6) is 0. The van der Waals surface area contributed by atoms with Crippen LogP contribution >= 0.6 is 0 Å². The number of hydrogen-bond donors (Lipinski definition) is 1. The van der Waals surface area contributed by atoms with Gasteiger partial charge >= 0.3 is 0 Å². The van der Waals surface area contributed by atoms with Gasteiger partial charge in [-0.25, -0.2) is 0 Å². The van der Waals surface area contributed by atoms with E-state index in [1.165, 1.54) is 0 Å². The molecular weight excluding hydrogens is 214 g/mol. The first kappa shape index (κ1) is 14.4. The van der Waals surface area contributed by atoms with Crippen LogP contribution in [-0.2, 0) is 4.74 Å². The summed E-state index contributed by atoms with van der Waals surface area (Å²) in [6.45, 7) is 10.6. The fraction of sp³-hybridized carbons (Fsp3) is 0.923. The highest BCUT2D eigenvalue weighted by atomic mass is 16.5. The third-order valence-corrected chi connectivity index (χ3v) is 3.23. The van der Waals surface area contributed by atoms with Crippen molar-refractivity contribution < 1.29 is 4.74 Å². The van der Waals surface area contributed by atoms with E-state index in [1.807, 2.05) is 6.92 Å². The molecule has 0 spiro atoms. The van der Waals surface area contributed by atoms with Crippen LogP contribution in [0.25, 0.3) is 0 Å². The summed E-state index contributed by atoms with van der Waals surface area (Å²) in [5.41, 5.74) is -0.439. The summed E-state index contributed by atoms with van der Waals surface area (Å²) in [5, 5.41) is 12.6. The maximum atomic E-state index is 9.30. The zero-order valence-electron chi connectivity index (χ0n) is 11.3. The monoisotopic (exact) mass is 239 g/mol. The van der Waals surface area contributed by atoms with Gasteiger partial charge in [0.1, 0.15) is 5.54 Å². The lowest BCUT2D eigenvalue weighted by Gasteiger charge is -2.36. The van der Waals surface area contributed by atoms with Gasteiger partial charge in [-0.2, -0.15) is 5.26 Å². The van der Waals surface area contributed by atoms with Crippen molar-refractivity contribution in [3.05, 3.63) is 0 Å². The van der Waals surface area contributed by atoms with E-state index in [2.05, 4.69) is 30.1 Å². The van der Waals surface area contributed by atoms with E-state index in [0.29, 0.717) is 6.10 Å². The lowest BCUT2D eigenvalue weighted by atomic mass is 10.0. The molecule has 0 aromatic carbocycles. The van der Waals surface area contributed by atoms with Crippen molar-refractivity contribution >= 4 is 0 Å².